The van der Waals surface area contributed by atoms with E-state index in [1.54, 1.807) is 4.90 Å². The number of benzene rings is 1. The van der Waals surface area contributed by atoms with Crippen molar-refractivity contribution in [3.63, 3.8) is 0 Å². The van der Waals surface area contributed by atoms with Crippen LogP contribution in [-0.2, 0) is 9.47 Å². The fraction of sp³-hybridized carbons (Fsp3) is 0.343. The van der Waals surface area contributed by atoms with E-state index in [1.807, 2.05) is 86.2 Å². The van der Waals surface area contributed by atoms with Crippen LogP contribution in [-0.4, -0.2) is 93.6 Å². The van der Waals surface area contributed by atoms with Gasteiger partial charge >= 0.3 is 6.09 Å². The molecule has 2 aliphatic rings. The predicted octanol–water partition coefficient (Wildman–Crippen LogP) is 5.40. The Kier molecular flexibility index (Phi) is 8.00. The molecule has 0 radical (unpaired) electrons. The topological polar surface area (TPSA) is 101 Å². The van der Waals surface area contributed by atoms with Crippen LogP contribution in [0, 0.1) is 0 Å². The van der Waals surface area contributed by atoms with Crippen molar-refractivity contribution in [1.82, 2.24) is 29.5 Å². The van der Waals surface area contributed by atoms with Crippen molar-refractivity contribution in [2.75, 3.05) is 62.3 Å². The number of morpholine rings is 1. The summed E-state index contributed by atoms with van der Waals surface area (Å²) < 4.78 is 13.1. The van der Waals surface area contributed by atoms with Gasteiger partial charge in [-0.3, -0.25) is 0 Å². The largest absolute Gasteiger partial charge is 0.444 e. The molecule has 236 valence electrons. The second kappa shape index (κ2) is 12.4. The van der Waals surface area contributed by atoms with E-state index in [9.17, 15) is 4.79 Å². The van der Waals surface area contributed by atoms with Gasteiger partial charge < -0.3 is 24.2 Å². The van der Waals surface area contributed by atoms with Gasteiger partial charge in [0.05, 0.1) is 42.0 Å². The van der Waals surface area contributed by atoms with Crippen LogP contribution in [0.25, 0.3) is 40.0 Å². The van der Waals surface area contributed by atoms with E-state index in [1.165, 1.54) is 0 Å². The molecule has 11 nitrogen and oxygen atoms in total. The highest BCUT2D eigenvalue weighted by Gasteiger charge is 2.27. The van der Waals surface area contributed by atoms with Gasteiger partial charge in [0.25, 0.3) is 0 Å². The maximum atomic E-state index is 12.5. The molecule has 6 heterocycles. The molecular weight excluding hydrogens is 580 g/mol. The van der Waals surface area contributed by atoms with Gasteiger partial charge in [-0.05, 0) is 63.3 Å². The van der Waals surface area contributed by atoms with E-state index < -0.39 is 5.60 Å². The fourth-order valence-corrected chi connectivity index (χ4v) is 5.89. The van der Waals surface area contributed by atoms with Crippen LogP contribution in [0.2, 0.25) is 0 Å². The molecule has 0 saturated carbocycles. The van der Waals surface area contributed by atoms with E-state index in [0.29, 0.717) is 39.4 Å². The minimum absolute atomic E-state index is 0.272. The SMILES string of the molecule is CC(C)(C)OC(=O)N1CCN(c2ccc(-c3c(C=Cc4ccc5ccccc5n4)nc4c(N5CCOCC5)ccnn34)cn2)CC1. The monoisotopic (exact) mass is 618 g/mol. The second-order valence-electron chi connectivity index (χ2n) is 12.5. The van der Waals surface area contributed by atoms with E-state index in [-0.39, 0.29) is 6.09 Å². The Morgan fingerprint density at radius 3 is 2.43 bits per heavy atom. The standard InChI is InChI=1S/C35H38N8O3/c1-35(2,3)46-34(44)42-18-16-41(17-19-42)31-13-9-26(24-36-31)32-29(12-11-27-10-8-25-6-4-5-7-28(25)38-27)39-33-30(14-15-37-43(32)33)40-20-22-45-23-21-40/h4-15,24H,16-23H2,1-3H3. The van der Waals surface area contributed by atoms with Crippen molar-refractivity contribution >= 4 is 46.3 Å². The maximum absolute atomic E-state index is 12.5. The number of pyridine rings is 2. The van der Waals surface area contributed by atoms with E-state index in [0.717, 1.165) is 63.8 Å². The molecule has 11 heteroatoms. The van der Waals surface area contributed by atoms with Crippen molar-refractivity contribution in [2.45, 2.75) is 26.4 Å². The molecular formula is C35H38N8O3. The van der Waals surface area contributed by atoms with Crippen molar-refractivity contribution in [3.8, 4) is 11.3 Å². The lowest BCUT2D eigenvalue weighted by atomic mass is 10.1. The third-order valence-corrected chi connectivity index (χ3v) is 8.19. The number of aromatic nitrogens is 5. The first-order valence-corrected chi connectivity index (χ1v) is 15.8. The van der Waals surface area contributed by atoms with E-state index >= 15 is 0 Å². The lowest BCUT2D eigenvalue weighted by Crippen LogP contribution is -2.50. The Balaban J connectivity index is 1.19. The number of ether oxygens (including phenoxy) is 2. The molecule has 0 spiro atoms. The van der Waals surface area contributed by atoms with Crippen molar-refractivity contribution < 1.29 is 14.3 Å². The lowest BCUT2D eigenvalue weighted by Gasteiger charge is -2.36. The van der Waals surface area contributed by atoms with Gasteiger partial charge in [0.15, 0.2) is 5.65 Å². The highest BCUT2D eigenvalue weighted by molar-refractivity contribution is 5.84. The number of anilines is 2. The number of rotatable bonds is 5. The Hall–Kier alpha value is -5.03. The number of carbonyl (C=O) groups excluding carboxylic acids is 1. The van der Waals surface area contributed by atoms with E-state index in [4.69, 9.17) is 29.5 Å². The van der Waals surface area contributed by atoms with E-state index in [2.05, 4.69) is 28.0 Å². The molecule has 0 atom stereocenters. The summed E-state index contributed by atoms with van der Waals surface area (Å²) >= 11 is 0. The molecule has 0 unspecified atom stereocenters. The summed E-state index contributed by atoms with van der Waals surface area (Å²) in [5.41, 5.74) is 5.63. The Morgan fingerprint density at radius 1 is 0.870 bits per heavy atom. The Labute approximate surface area is 268 Å². The zero-order valence-corrected chi connectivity index (χ0v) is 26.5. The molecule has 1 amide bonds. The van der Waals surface area contributed by atoms with Crippen molar-refractivity contribution in [1.29, 1.82) is 0 Å². The first-order valence-electron chi connectivity index (χ1n) is 15.8. The fourth-order valence-electron chi connectivity index (χ4n) is 5.89. The molecule has 0 aliphatic carbocycles. The summed E-state index contributed by atoms with van der Waals surface area (Å²) in [4.78, 5) is 33.6. The number of hydrogen-bond donors (Lipinski definition) is 0. The van der Waals surface area contributed by atoms with Crippen LogP contribution < -0.4 is 9.80 Å². The van der Waals surface area contributed by atoms with Crippen LogP contribution >= 0.6 is 0 Å². The number of carbonyl (C=O) groups is 1. The van der Waals surface area contributed by atoms with Crippen LogP contribution in [0.5, 0.6) is 0 Å². The summed E-state index contributed by atoms with van der Waals surface area (Å²) in [5.74, 6) is 0.862. The quantitative estimate of drug-likeness (QED) is 0.256. The second-order valence-corrected chi connectivity index (χ2v) is 12.5. The molecule has 4 aromatic heterocycles. The van der Waals surface area contributed by atoms with Gasteiger partial charge in [0.1, 0.15) is 17.1 Å². The van der Waals surface area contributed by atoms with Crippen molar-refractivity contribution in [3.05, 3.63) is 78.4 Å². The van der Waals surface area contributed by atoms with Crippen LogP contribution in [0.15, 0.2) is 67.0 Å². The number of imidazole rings is 1. The molecule has 7 rings (SSSR count). The normalized spacial score (nSPS) is 16.1. The predicted molar refractivity (Wildman–Crippen MR) is 180 cm³/mol. The highest BCUT2D eigenvalue weighted by Crippen LogP contribution is 2.31. The van der Waals surface area contributed by atoms with Crippen LogP contribution in [0.4, 0.5) is 16.3 Å². The lowest BCUT2D eigenvalue weighted by molar-refractivity contribution is 0.0240. The van der Waals surface area contributed by atoms with Crippen LogP contribution in [0.3, 0.4) is 0 Å². The number of nitrogens with zero attached hydrogens (tertiary/aromatic N) is 8. The number of piperazine rings is 1. The molecule has 1 aromatic carbocycles. The molecule has 0 bridgehead atoms. The zero-order valence-electron chi connectivity index (χ0n) is 26.5. The third-order valence-electron chi connectivity index (χ3n) is 8.19. The Morgan fingerprint density at radius 2 is 1.67 bits per heavy atom. The van der Waals surface area contributed by atoms with Gasteiger partial charge in [-0.2, -0.15) is 5.10 Å². The average molecular weight is 619 g/mol. The number of amides is 1. The van der Waals surface area contributed by atoms with Gasteiger partial charge in [0.2, 0.25) is 0 Å². The minimum Gasteiger partial charge on any atom is -0.444 e. The van der Waals surface area contributed by atoms with Gasteiger partial charge in [-0.15, -0.1) is 0 Å². The minimum atomic E-state index is -0.513. The summed E-state index contributed by atoms with van der Waals surface area (Å²) in [6.45, 7) is 11.1. The molecule has 0 N–H and O–H groups in total. The first-order chi connectivity index (χ1) is 22.3. The number of fused-ring (bicyclic) bond motifs is 2. The first kappa shape index (κ1) is 29.7. The molecule has 2 saturated heterocycles. The van der Waals surface area contributed by atoms with Crippen molar-refractivity contribution in [2.24, 2.45) is 0 Å². The van der Waals surface area contributed by atoms with Gasteiger partial charge in [-0.1, -0.05) is 24.3 Å². The molecule has 2 aliphatic heterocycles. The maximum Gasteiger partial charge on any atom is 0.410 e. The van der Waals surface area contributed by atoms with Gasteiger partial charge in [0, 0.05) is 56.4 Å². The smallest absolute Gasteiger partial charge is 0.410 e. The van der Waals surface area contributed by atoms with Crippen LogP contribution in [0.1, 0.15) is 32.2 Å². The Bertz CT molecular complexity index is 1880. The summed E-state index contributed by atoms with van der Waals surface area (Å²) in [6.07, 6.45) is 7.44. The molecule has 46 heavy (non-hydrogen) atoms. The highest BCUT2D eigenvalue weighted by atomic mass is 16.6. The summed E-state index contributed by atoms with van der Waals surface area (Å²) in [6, 6.07) is 18.3. The van der Waals surface area contributed by atoms with Gasteiger partial charge in [-0.25, -0.2) is 24.3 Å². The third kappa shape index (κ3) is 6.23. The number of para-hydroxylation sites is 1. The summed E-state index contributed by atoms with van der Waals surface area (Å²) in [7, 11) is 0. The summed E-state index contributed by atoms with van der Waals surface area (Å²) in [5, 5.41) is 5.85. The molecule has 2 fully saturated rings. The number of hydrogen-bond acceptors (Lipinski definition) is 9. The average Bonchev–Trinajstić information content (AvgIpc) is 3.45. The zero-order chi connectivity index (χ0) is 31.7. The molecule has 5 aromatic rings.